The van der Waals surface area contributed by atoms with Crippen LogP contribution in [0.4, 0.5) is 18.0 Å². The van der Waals surface area contributed by atoms with Gasteiger partial charge in [0.25, 0.3) is 0 Å². The number of nitrogens with one attached hydrogen (secondary N) is 1. The molecular weight excluding hydrogens is 297 g/mol. The summed E-state index contributed by atoms with van der Waals surface area (Å²) in [5.74, 6) is 0. The quantitative estimate of drug-likeness (QED) is 0.877. The fourth-order valence-electron chi connectivity index (χ4n) is 1.87. The summed E-state index contributed by atoms with van der Waals surface area (Å²) in [6.45, 7) is 3.34. The molecule has 0 aliphatic carbocycles. The van der Waals surface area contributed by atoms with Crippen LogP contribution in [0.15, 0.2) is 24.3 Å². The Morgan fingerprint density at radius 3 is 2.27 bits per heavy atom. The van der Waals surface area contributed by atoms with Gasteiger partial charge in [-0.2, -0.15) is 13.2 Å². The average molecular weight is 318 g/mol. The minimum absolute atomic E-state index is 0.142. The number of urea groups is 1. The van der Waals surface area contributed by atoms with E-state index in [1.54, 1.807) is 20.9 Å². The standard InChI is InChI=1S/C15H21F3N2O2/c1-10(19-14(22)20(3)11(2)9-21)8-12-4-6-13(7-5-12)15(16,17)18/h4-7,10-11,21H,8-9H2,1-3H3,(H,19,22). The number of aliphatic hydroxyl groups is 1. The summed E-state index contributed by atoms with van der Waals surface area (Å²) >= 11 is 0. The maximum atomic E-state index is 12.5. The molecule has 22 heavy (non-hydrogen) atoms. The maximum absolute atomic E-state index is 12.5. The molecule has 0 heterocycles. The minimum Gasteiger partial charge on any atom is -0.394 e. The molecule has 0 bridgehead atoms. The van der Waals surface area contributed by atoms with E-state index in [0.29, 0.717) is 12.0 Å². The normalized spacial score (nSPS) is 14.3. The summed E-state index contributed by atoms with van der Waals surface area (Å²) in [6.07, 6.45) is -3.92. The molecule has 0 aromatic heterocycles. The first-order chi connectivity index (χ1) is 10.1. The van der Waals surface area contributed by atoms with E-state index in [9.17, 15) is 18.0 Å². The summed E-state index contributed by atoms with van der Waals surface area (Å²) in [5.41, 5.74) is 0.0168. The lowest BCUT2D eigenvalue weighted by atomic mass is 10.1. The molecule has 2 unspecified atom stereocenters. The predicted molar refractivity (Wildman–Crippen MR) is 77.5 cm³/mol. The largest absolute Gasteiger partial charge is 0.416 e. The number of hydrogen-bond donors (Lipinski definition) is 2. The van der Waals surface area contributed by atoms with Gasteiger partial charge in [-0.15, -0.1) is 0 Å². The number of nitrogens with zero attached hydrogens (tertiary/aromatic N) is 1. The van der Waals surface area contributed by atoms with Gasteiger partial charge in [-0.05, 0) is 38.0 Å². The second kappa shape index (κ2) is 7.49. The van der Waals surface area contributed by atoms with Gasteiger partial charge in [-0.25, -0.2) is 4.79 Å². The zero-order chi connectivity index (χ0) is 16.9. The van der Waals surface area contributed by atoms with E-state index in [1.165, 1.54) is 17.0 Å². The van der Waals surface area contributed by atoms with E-state index in [-0.39, 0.29) is 24.7 Å². The van der Waals surface area contributed by atoms with Crippen LogP contribution in [0.2, 0.25) is 0 Å². The van der Waals surface area contributed by atoms with Gasteiger partial charge >= 0.3 is 12.2 Å². The number of carbonyl (C=O) groups is 1. The van der Waals surface area contributed by atoms with E-state index in [4.69, 9.17) is 5.11 Å². The van der Waals surface area contributed by atoms with Crippen molar-refractivity contribution < 1.29 is 23.1 Å². The molecule has 124 valence electrons. The molecule has 0 saturated carbocycles. The Morgan fingerprint density at radius 2 is 1.82 bits per heavy atom. The van der Waals surface area contributed by atoms with Crippen LogP contribution in [0.25, 0.3) is 0 Å². The third-order valence-corrected chi connectivity index (χ3v) is 3.44. The van der Waals surface area contributed by atoms with Gasteiger partial charge < -0.3 is 15.3 Å². The zero-order valence-corrected chi connectivity index (χ0v) is 12.8. The molecule has 2 atom stereocenters. The van der Waals surface area contributed by atoms with Crippen LogP contribution in [0.1, 0.15) is 25.0 Å². The first-order valence-electron chi connectivity index (χ1n) is 6.95. The summed E-state index contributed by atoms with van der Waals surface area (Å²) in [7, 11) is 1.57. The highest BCUT2D eigenvalue weighted by molar-refractivity contribution is 5.74. The molecule has 0 radical (unpaired) electrons. The van der Waals surface area contributed by atoms with Gasteiger partial charge in [0, 0.05) is 13.1 Å². The van der Waals surface area contributed by atoms with Crippen molar-refractivity contribution in [2.24, 2.45) is 0 Å². The Morgan fingerprint density at radius 1 is 1.27 bits per heavy atom. The molecule has 0 aliphatic rings. The Labute approximate surface area is 127 Å². The number of alkyl halides is 3. The molecule has 7 heteroatoms. The van der Waals surface area contributed by atoms with Gasteiger partial charge in [0.05, 0.1) is 18.2 Å². The highest BCUT2D eigenvalue weighted by atomic mass is 19.4. The zero-order valence-electron chi connectivity index (χ0n) is 12.8. The minimum atomic E-state index is -4.35. The fourth-order valence-corrected chi connectivity index (χ4v) is 1.87. The van der Waals surface area contributed by atoms with Crippen LogP contribution in [-0.4, -0.2) is 41.8 Å². The number of rotatable bonds is 5. The van der Waals surface area contributed by atoms with Crippen LogP contribution in [0.5, 0.6) is 0 Å². The maximum Gasteiger partial charge on any atom is 0.416 e. The third kappa shape index (κ3) is 5.22. The lowest BCUT2D eigenvalue weighted by molar-refractivity contribution is -0.137. The van der Waals surface area contributed by atoms with Crippen LogP contribution >= 0.6 is 0 Å². The molecule has 0 saturated heterocycles. The Hall–Kier alpha value is -1.76. The van der Waals surface area contributed by atoms with Crippen molar-refractivity contribution in [3.8, 4) is 0 Å². The average Bonchev–Trinajstić information content (AvgIpc) is 2.44. The van der Waals surface area contributed by atoms with E-state index < -0.39 is 11.7 Å². The number of aliphatic hydroxyl groups excluding tert-OH is 1. The van der Waals surface area contributed by atoms with E-state index in [0.717, 1.165) is 12.1 Å². The van der Waals surface area contributed by atoms with Crippen molar-refractivity contribution in [2.75, 3.05) is 13.7 Å². The molecule has 1 aromatic rings. The van der Waals surface area contributed by atoms with Gasteiger partial charge in [-0.3, -0.25) is 0 Å². The molecule has 0 fully saturated rings. The van der Waals surface area contributed by atoms with Gasteiger partial charge in [0.15, 0.2) is 0 Å². The van der Waals surface area contributed by atoms with Crippen LogP contribution in [0, 0.1) is 0 Å². The lowest BCUT2D eigenvalue weighted by Gasteiger charge is -2.25. The van der Waals surface area contributed by atoms with E-state index in [1.807, 2.05) is 0 Å². The van der Waals surface area contributed by atoms with E-state index in [2.05, 4.69) is 5.32 Å². The molecule has 2 N–H and O–H groups in total. The topological polar surface area (TPSA) is 52.6 Å². The molecule has 0 aliphatic heterocycles. The molecule has 1 rings (SSSR count). The van der Waals surface area contributed by atoms with Crippen LogP contribution < -0.4 is 5.32 Å². The van der Waals surface area contributed by atoms with Crippen molar-refractivity contribution in [1.82, 2.24) is 10.2 Å². The highest BCUT2D eigenvalue weighted by Gasteiger charge is 2.30. The lowest BCUT2D eigenvalue weighted by Crippen LogP contribution is -2.47. The first-order valence-corrected chi connectivity index (χ1v) is 6.95. The highest BCUT2D eigenvalue weighted by Crippen LogP contribution is 2.29. The SMILES string of the molecule is CC(Cc1ccc(C(F)(F)F)cc1)NC(=O)N(C)C(C)CO. The van der Waals surface area contributed by atoms with Gasteiger partial charge in [-0.1, -0.05) is 12.1 Å². The van der Waals surface area contributed by atoms with Crippen molar-refractivity contribution >= 4 is 6.03 Å². The predicted octanol–water partition coefficient (Wildman–Crippen LogP) is 2.66. The van der Waals surface area contributed by atoms with Crippen molar-refractivity contribution in [3.63, 3.8) is 0 Å². The van der Waals surface area contributed by atoms with Crippen molar-refractivity contribution in [2.45, 2.75) is 38.5 Å². The molecule has 2 amide bonds. The summed E-state index contributed by atoms with van der Waals surface area (Å²) in [6, 6.07) is 4.00. The third-order valence-electron chi connectivity index (χ3n) is 3.44. The number of halogens is 3. The fraction of sp³-hybridized carbons (Fsp3) is 0.533. The second-order valence-corrected chi connectivity index (χ2v) is 5.39. The monoisotopic (exact) mass is 318 g/mol. The van der Waals surface area contributed by atoms with Crippen LogP contribution in [-0.2, 0) is 12.6 Å². The summed E-state index contributed by atoms with van der Waals surface area (Å²) in [4.78, 5) is 13.3. The van der Waals surface area contributed by atoms with Crippen molar-refractivity contribution in [3.05, 3.63) is 35.4 Å². The molecule has 1 aromatic carbocycles. The van der Waals surface area contributed by atoms with Gasteiger partial charge in [0.1, 0.15) is 0 Å². The van der Waals surface area contributed by atoms with Gasteiger partial charge in [0.2, 0.25) is 0 Å². The molecular formula is C15H21F3N2O2. The summed E-state index contributed by atoms with van der Waals surface area (Å²) < 4.78 is 37.4. The number of benzene rings is 1. The van der Waals surface area contributed by atoms with E-state index >= 15 is 0 Å². The Balaban J connectivity index is 2.58. The Kier molecular flexibility index (Phi) is 6.22. The smallest absolute Gasteiger partial charge is 0.394 e. The number of amides is 2. The summed E-state index contributed by atoms with van der Waals surface area (Å²) in [5, 5.41) is 11.7. The number of carbonyl (C=O) groups excluding carboxylic acids is 1. The second-order valence-electron chi connectivity index (χ2n) is 5.39. The van der Waals surface area contributed by atoms with Crippen molar-refractivity contribution in [1.29, 1.82) is 0 Å². The van der Waals surface area contributed by atoms with Crippen LogP contribution in [0.3, 0.4) is 0 Å². The first kappa shape index (κ1) is 18.3. The molecule has 0 spiro atoms. The number of likely N-dealkylation sites (N-methyl/N-ethyl adjacent to an activating group) is 1. The Bertz CT molecular complexity index is 489. The number of hydrogen-bond acceptors (Lipinski definition) is 2. The molecule has 4 nitrogen and oxygen atoms in total.